The van der Waals surface area contributed by atoms with E-state index in [2.05, 4.69) is 32.3 Å². The first-order chi connectivity index (χ1) is 17.0. The number of halogens is 1. The summed E-state index contributed by atoms with van der Waals surface area (Å²) in [7, 11) is 0. The van der Waals surface area contributed by atoms with Crippen LogP contribution in [0.3, 0.4) is 0 Å². The summed E-state index contributed by atoms with van der Waals surface area (Å²) in [4.78, 5) is 18.7. The van der Waals surface area contributed by atoms with Gasteiger partial charge in [-0.2, -0.15) is 0 Å². The zero-order valence-corrected chi connectivity index (χ0v) is 19.9. The number of hydrogen-bond acceptors (Lipinski definition) is 6. The van der Waals surface area contributed by atoms with E-state index in [1.165, 1.54) is 12.1 Å². The van der Waals surface area contributed by atoms with Crippen molar-refractivity contribution < 1.29 is 9.13 Å². The molecule has 0 radical (unpaired) electrons. The Kier molecular flexibility index (Phi) is 6.59. The van der Waals surface area contributed by atoms with Crippen molar-refractivity contribution in [3.8, 4) is 5.75 Å². The van der Waals surface area contributed by atoms with Gasteiger partial charge in [-0.15, -0.1) is 5.10 Å². The minimum atomic E-state index is -0.415. The first kappa shape index (κ1) is 23.2. The van der Waals surface area contributed by atoms with Crippen LogP contribution < -0.4 is 10.3 Å². The molecule has 0 aliphatic carbocycles. The highest BCUT2D eigenvalue weighted by atomic mass is 19.1. The van der Waals surface area contributed by atoms with Gasteiger partial charge in [-0.05, 0) is 91.2 Å². The van der Waals surface area contributed by atoms with Crippen LogP contribution in [0.25, 0.3) is 10.9 Å². The molecule has 8 nitrogen and oxygen atoms in total. The maximum Gasteiger partial charge on any atom is 0.253 e. The third kappa shape index (κ3) is 4.95. The third-order valence-corrected chi connectivity index (χ3v) is 6.68. The monoisotopic (exact) mass is 476 g/mol. The Balaban J connectivity index is 1.59. The Labute approximate surface area is 202 Å². The molecule has 1 saturated heterocycles. The Morgan fingerprint density at radius 2 is 1.91 bits per heavy atom. The third-order valence-electron chi connectivity index (χ3n) is 6.68. The fourth-order valence-corrected chi connectivity index (χ4v) is 4.73. The molecule has 9 heteroatoms. The van der Waals surface area contributed by atoms with Gasteiger partial charge < -0.3 is 9.72 Å². The average molecular weight is 477 g/mol. The smallest absolute Gasteiger partial charge is 0.253 e. The summed E-state index contributed by atoms with van der Waals surface area (Å²) in [5, 5.41) is 13.4. The Hall–Kier alpha value is -3.59. The van der Waals surface area contributed by atoms with Crippen molar-refractivity contribution in [1.82, 2.24) is 30.1 Å². The minimum absolute atomic E-state index is 0.165. The van der Waals surface area contributed by atoms with E-state index in [4.69, 9.17) is 4.74 Å². The summed E-state index contributed by atoms with van der Waals surface area (Å²) in [6.45, 7) is 6.81. The topological polar surface area (TPSA) is 88.9 Å². The van der Waals surface area contributed by atoms with Crippen LogP contribution in [0.1, 0.15) is 49.7 Å². The number of likely N-dealkylation sites (tertiary alicyclic amines) is 1. The molecule has 0 bridgehead atoms. The van der Waals surface area contributed by atoms with Crippen LogP contribution in [-0.2, 0) is 6.54 Å². The maximum atomic E-state index is 13.4. The van der Waals surface area contributed by atoms with E-state index in [1.54, 1.807) is 16.8 Å². The normalized spacial score (nSPS) is 16.0. The molecule has 1 N–H and O–H groups in total. The minimum Gasteiger partial charge on any atom is -0.494 e. The first-order valence-corrected chi connectivity index (χ1v) is 12.1. The van der Waals surface area contributed by atoms with E-state index in [-0.39, 0.29) is 11.4 Å². The van der Waals surface area contributed by atoms with E-state index in [0.717, 1.165) is 48.1 Å². The summed E-state index contributed by atoms with van der Waals surface area (Å²) in [6, 6.07) is 13.5. The summed E-state index contributed by atoms with van der Waals surface area (Å²) >= 11 is 0. The lowest BCUT2D eigenvalue weighted by atomic mass is 9.95. The number of rotatable bonds is 7. The molecule has 35 heavy (non-hydrogen) atoms. The zero-order chi connectivity index (χ0) is 24.4. The van der Waals surface area contributed by atoms with E-state index in [0.29, 0.717) is 30.5 Å². The van der Waals surface area contributed by atoms with Crippen molar-refractivity contribution in [2.75, 3.05) is 19.7 Å². The van der Waals surface area contributed by atoms with Gasteiger partial charge in [-0.1, -0.05) is 19.1 Å². The number of ether oxygens (including phenoxy) is 1. The molecule has 182 valence electrons. The predicted octanol–water partition coefficient (Wildman–Crippen LogP) is 3.92. The van der Waals surface area contributed by atoms with Crippen LogP contribution in [0.2, 0.25) is 0 Å². The second kappa shape index (κ2) is 9.95. The number of nitrogens with one attached hydrogen (secondary N) is 1. The fourth-order valence-electron chi connectivity index (χ4n) is 4.73. The molecule has 5 rings (SSSR count). The van der Waals surface area contributed by atoms with Crippen molar-refractivity contribution in [3.05, 3.63) is 81.7 Å². The van der Waals surface area contributed by atoms with E-state index in [1.807, 2.05) is 31.2 Å². The molecule has 0 unspecified atom stereocenters. The molecular formula is C26H29FN6O2. The molecule has 0 spiro atoms. The second-order valence-electron chi connectivity index (χ2n) is 9.18. The largest absolute Gasteiger partial charge is 0.494 e. The summed E-state index contributed by atoms with van der Waals surface area (Å²) in [6.07, 6.45) is 2.08. The molecule has 4 aromatic rings. The van der Waals surface area contributed by atoms with Gasteiger partial charge in [0, 0.05) is 16.5 Å². The van der Waals surface area contributed by atoms with Gasteiger partial charge in [-0.3, -0.25) is 9.69 Å². The van der Waals surface area contributed by atoms with Gasteiger partial charge in [0.05, 0.1) is 13.2 Å². The number of nitrogens with zero attached hydrogens (tertiary/aromatic N) is 5. The van der Waals surface area contributed by atoms with Crippen LogP contribution in [0.15, 0.2) is 53.3 Å². The van der Waals surface area contributed by atoms with Crippen molar-refractivity contribution in [2.45, 2.75) is 39.3 Å². The summed E-state index contributed by atoms with van der Waals surface area (Å²) in [5.41, 5.74) is 2.05. The van der Waals surface area contributed by atoms with Crippen LogP contribution in [0.5, 0.6) is 5.75 Å². The summed E-state index contributed by atoms with van der Waals surface area (Å²) in [5.74, 6) is 1.68. The maximum absolute atomic E-state index is 13.4. The molecular weight excluding hydrogens is 447 g/mol. The van der Waals surface area contributed by atoms with Gasteiger partial charge in [0.15, 0.2) is 5.82 Å². The zero-order valence-electron chi connectivity index (χ0n) is 19.9. The Bertz CT molecular complexity index is 1360. The van der Waals surface area contributed by atoms with Crippen molar-refractivity contribution in [1.29, 1.82) is 0 Å². The van der Waals surface area contributed by atoms with Gasteiger partial charge in [0.2, 0.25) is 0 Å². The highest BCUT2D eigenvalue weighted by Crippen LogP contribution is 2.31. The number of aromatic nitrogens is 5. The van der Waals surface area contributed by atoms with E-state index in [9.17, 15) is 9.18 Å². The molecule has 1 atom stereocenters. The van der Waals surface area contributed by atoms with Gasteiger partial charge in [0.25, 0.3) is 5.56 Å². The number of hydrogen-bond donors (Lipinski definition) is 1. The molecule has 3 heterocycles. The molecule has 2 aromatic heterocycles. The lowest BCUT2D eigenvalue weighted by Crippen LogP contribution is -2.40. The highest BCUT2D eigenvalue weighted by Gasteiger charge is 2.32. The van der Waals surface area contributed by atoms with Crippen LogP contribution in [-0.4, -0.2) is 49.8 Å². The lowest BCUT2D eigenvalue weighted by molar-refractivity contribution is 0.149. The molecule has 0 amide bonds. The quantitative estimate of drug-likeness (QED) is 0.435. The molecule has 0 saturated carbocycles. The molecule has 1 aliphatic heterocycles. The number of aromatic amines is 1. The van der Waals surface area contributed by atoms with Gasteiger partial charge >= 0.3 is 0 Å². The number of H-pyrrole nitrogens is 1. The lowest BCUT2D eigenvalue weighted by Gasteiger charge is -2.35. The second-order valence-corrected chi connectivity index (χ2v) is 9.18. The average Bonchev–Trinajstić information content (AvgIpc) is 3.30. The van der Waals surface area contributed by atoms with E-state index >= 15 is 0 Å². The van der Waals surface area contributed by atoms with Crippen LogP contribution in [0, 0.1) is 11.7 Å². The Morgan fingerprint density at radius 3 is 2.66 bits per heavy atom. The molecule has 1 aliphatic rings. The van der Waals surface area contributed by atoms with Gasteiger partial charge in [-0.25, -0.2) is 9.07 Å². The number of piperidine rings is 1. The number of pyridine rings is 1. The molecule has 2 aromatic carbocycles. The highest BCUT2D eigenvalue weighted by molar-refractivity contribution is 5.80. The van der Waals surface area contributed by atoms with Crippen LogP contribution in [0.4, 0.5) is 4.39 Å². The van der Waals surface area contributed by atoms with Gasteiger partial charge in [0.1, 0.15) is 17.6 Å². The predicted molar refractivity (Wildman–Crippen MR) is 131 cm³/mol. The van der Waals surface area contributed by atoms with Crippen molar-refractivity contribution in [2.24, 2.45) is 5.92 Å². The number of fused-ring (bicyclic) bond motifs is 1. The standard InChI is InChI=1S/C26H29FN6O2/c1-3-35-21-8-9-23-19(14-21)15-22(26(34)28-23)24(32-12-10-17(2)11-13-32)25-29-30-31-33(25)16-18-4-6-20(27)7-5-18/h4-9,14-15,17,24H,3,10-13,16H2,1-2H3,(H,28,34)/t24-/m1/s1. The SMILES string of the molecule is CCOc1ccc2[nH]c(=O)c([C@H](c3nnnn3Cc3ccc(F)cc3)N3CCC(C)CC3)cc2c1. The molecule has 1 fully saturated rings. The van der Waals surface area contributed by atoms with Crippen LogP contribution >= 0.6 is 0 Å². The Morgan fingerprint density at radius 1 is 1.14 bits per heavy atom. The fraction of sp³-hybridized carbons (Fsp3) is 0.385. The first-order valence-electron chi connectivity index (χ1n) is 12.1. The van der Waals surface area contributed by atoms with Crippen molar-refractivity contribution >= 4 is 10.9 Å². The number of benzene rings is 2. The number of tetrazole rings is 1. The summed E-state index contributed by atoms with van der Waals surface area (Å²) < 4.78 is 20.8. The van der Waals surface area contributed by atoms with E-state index < -0.39 is 6.04 Å². The van der Waals surface area contributed by atoms with Crippen molar-refractivity contribution in [3.63, 3.8) is 0 Å².